The molecule has 2 aromatic carbocycles. The quantitative estimate of drug-likeness (QED) is 0.245. The van der Waals surface area contributed by atoms with Crippen LogP contribution in [0.1, 0.15) is 55.6 Å². The Morgan fingerprint density at radius 2 is 1.09 bits per heavy atom. The van der Waals surface area contributed by atoms with Gasteiger partial charge < -0.3 is 10.6 Å². The maximum Gasteiger partial charge on any atom is 0.0543 e. The second-order valence-electron chi connectivity index (χ2n) is 8.77. The molecule has 0 spiro atoms. The number of rotatable bonds is 14. The molecule has 2 N–H and O–H groups in total. The molecule has 5 heteroatoms. The third kappa shape index (κ3) is 8.37. The minimum Gasteiger partial charge on any atom is -0.383 e. The summed E-state index contributed by atoms with van der Waals surface area (Å²) < 4.78 is 0. The number of benzene rings is 2. The summed E-state index contributed by atoms with van der Waals surface area (Å²) in [4.78, 5) is 7.08. The van der Waals surface area contributed by atoms with Crippen molar-refractivity contribution in [1.29, 1.82) is 0 Å². The first-order valence-electron chi connectivity index (χ1n) is 13.0. The summed E-state index contributed by atoms with van der Waals surface area (Å²) >= 11 is 0. The summed E-state index contributed by atoms with van der Waals surface area (Å²) in [7, 11) is 0. The maximum absolute atomic E-state index is 4.58. The fraction of sp³-hybridized carbons (Fsp3) is 0.433. The van der Waals surface area contributed by atoms with E-state index in [2.05, 4.69) is 96.7 Å². The standard InChI is InChI=1S/C30H42N4.Ni/c1-5-24-13-11-14-25(6-2)29(24)32-19-21-34(23-28-17-9-10-18-31-28)22-20-33-30-26(7-3)15-12-16-27(30)8-4;/h9-18,32-33H,5-8,19-23H2,1-4H3;. The smallest absolute Gasteiger partial charge is 0.0543 e. The average Bonchev–Trinajstić information content (AvgIpc) is 2.89. The molecular formula is C30H42N4Ni. The van der Waals surface area contributed by atoms with Gasteiger partial charge in [0.05, 0.1) is 5.69 Å². The molecule has 0 aliphatic carbocycles. The van der Waals surface area contributed by atoms with Gasteiger partial charge in [0.1, 0.15) is 0 Å². The fourth-order valence-corrected chi connectivity index (χ4v) is 4.61. The van der Waals surface area contributed by atoms with Gasteiger partial charge in [-0.25, -0.2) is 0 Å². The van der Waals surface area contributed by atoms with Crippen LogP contribution in [0.2, 0.25) is 0 Å². The first-order chi connectivity index (χ1) is 16.7. The van der Waals surface area contributed by atoms with Crippen LogP contribution in [0.4, 0.5) is 11.4 Å². The number of hydrogen-bond acceptors (Lipinski definition) is 4. The molecule has 0 aliphatic rings. The van der Waals surface area contributed by atoms with Gasteiger partial charge in [-0.1, -0.05) is 70.2 Å². The van der Waals surface area contributed by atoms with Crippen molar-refractivity contribution in [2.75, 3.05) is 36.8 Å². The molecule has 0 aliphatic heterocycles. The Balaban J connectivity index is 0.00000432. The Kier molecular flexibility index (Phi) is 12.9. The molecule has 3 aromatic rings. The van der Waals surface area contributed by atoms with Crippen LogP contribution < -0.4 is 10.6 Å². The van der Waals surface area contributed by atoms with Crippen LogP contribution in [-0.4, -0.2) is 36.1 Å². The van der Waals surface area contributed by atoms with E-state index >= 15 is 0 Å². The van der Waals surface area contributed by atoms with E-state index in [0.29, 0.717) is 0 Å². The molecule has 1 aromatic heterocycles. The molecule has 0 saturated heterocycles. The second-order valence-corrected chi connectivity index (χ2v) is 8.77. The number of aryl methyl sites for hydroxylation is 4. The Labute approximate surface area is 222 Å². The molecule has 0 unspecified atom stereocenters. The second kappa shape index (κ2) is 15.6. The molecule has 0 radical (unpaired) electrons. The van der Waals surface area contributed by atoms with Crippen LogP contribution in [0.25, 0.3) is 0 Å². The van der Waals surface area contributed by atoms with Crippen molar-refractivity contribution in [2.24, 2.45) is 0 Å². The molecule has 4 nitrogen and oxygen atoms in total. The van der Waals surface area contributed by atoms with Gasteiger partial charge in [-0.05, 0) is 60.1 Å². The van der Waals surface area contributed by atoms with Crippen LogP contribution in [0.5, 0.6) is 0 Å². The van der Waals surface area contributed by atoms with Crippen LogP contribution in [-0.2, 0) is 48.7 Å². The Hall–Kier alpha value is -2.36. The normalized spacial score (nSPS) is 10.8. The van der Waals surface area contributed by atoms with Crippen molar-refractivity contribution < 1.29 is 16.5 Å². The van der Waals surface area contributed by atoms with Gasteiger partial charge in [0, 0.05) is 66.8 Å². The van der Waals surface area contributed by atoms with Crippen molar-refractivity contribution in [1.82, 2.24) is 9.88 Å². The Bertz CT molecular complexity index is 900. The van der Waals surface area contributed by atoms with Crippen molar-refractivity contribution >= 4 is 11.4 Å². The summed E-state index contributed by atoms with van der Waals surface area (Å²) in [5.41, 5.74) is 9.39. The van der Waals surface area contributed by atoms with Crippen LogP contribution in [0.3, 0.4) is 0 Å². The predicted octanol–water partition coefficient (Wildman–Crippen LogP) is 6.35. The van der Waals surface area contributed by atoms with Crippen molar-refractivity contribution in [3.05, 3.63) is 88.7 Å². The van der Waals surface area contributed by atoms with Crippen LogP contribution >= 0.6 is 0 Å². The van der Waals surface area contributed by atoms with E-state index in [1.165, 1.54) is 33.6 Å². The van der Waals surface area contributed by atoms with E-state index in [1.807, 2.05) is 12.3 Å². The molecule has 3 rings (SSSR count). The molecule has 1 heterocycles. The van der Waals surface area contributed by atoms with E-state index in [4.69, 9.17) is 0 Å². The van der Waals surface area contributed by atoms with Gasteiger partial charge >= 0.3 is 0 Å². The number of anilines is 2. The molecule has 0 fully saturated rings. The van der Waals surface area contributed by atoms with E-state index in [1.54, 1.807) is 0 Å². The van der Waals surface area contributed by atoms with E-state index in [-0.39, 0.29) is 16.5 Å². The zero-order chi connectivity index (χ0) is 24.2. The molecule has 0 atom stereocenters. The number of para-hydroxylation sites is 2. The van der Waals surface area contributed by atoms with E-state index in [0.717, 1.165) is 64.1 Å². The van der Waals surface area contributed by atoms with Crippen LogP contribution in [0, 0.1) is 0 Å². The van der Waals surface area contributed by atoms with Gasteiger partial charge in [0.15, 0.2) is 0 Å². The molecule has 0 saturated carbocycles. The van der Waals surface area contributed by atoms with E-state index in [9.17, 15) is 0 Å². The average molecular weight is 517 g/mol. The molecule has 35 heavy (non-hydrogen) atoms. The van der Waals surface area contributed by atoms with Gasteiger partial charge in [-0.2, -0.15) is 0 Å². The van der Waals surface area contributed by atoms with Crippen molar-refractivity contribution in [3.63, 3.8) is 0 Å². The monoisotopic (exact) mass is 516 g/mol. The third-order valence-corrected chi connectivity index (χ3v) is 6.57. The molecular weight excluding hydrogens is 475 g/mol. The van der Waals surface area contributed by atoms with Gasteiger partial charge in [-0.15, -0.1) is 0 Å². The molecule has 0 amide bonds. The van der Waals surface area contributed by atoms with Gasteiger partial charge in [0.2, 0.25) is 0 Å². The first kappa shape index (κ1) is 28.9. The maximum atomic E-state index is 4.58. The minimum absolute atomic E-state index is 0. The largest absolute Gasteiger partial charge is 0.383 e. The fourth-order valence-electron chi connectivity index (χ4n) is 4.61. The summed E-state index contributed by atoms with van der Waals surface area (Å²) in [5, 5.41) is 7.52. The van der Waals surface area contributed by atoms with E-state index < -0.39 is 0 Å². The van der Waals surface area contributed by atoms with Crippen molar-refractivity contribution in [3.8, 4) is 0 Å². The van der Waals surface area contributed by atoms with Gasteiger partial charge in [0.25, 0.3) is 0 Å². The Morgan fingerprint density at radius 3 is 1.46 bits per heavy atom. The third-order valence-electron chi connectivity index (χ3n) is 6.57. The topological polar surface area (TPSA) is 40.2 Å². The summed E-state index contributed by atoms with van der Waals surface area (Å²) in [6, 6.07) is 19.5. The zero-order valence-corrected chi connectivity index (χ0v) is 22.8. The number of nitrogens with one attached hydrogen (secondary N) is 2. The van der Waals surface area contributed by atoms with Crippen molar-refractivity contribution in [2.45, 2.75) is 59.9 Å². The predicted molar refractivity (Wildman–Crippen MR) is 147 cm³/mol. The summed E-state index contributed by atoms with van der Waals surface area (Å²) in [6.07, 6.45) is 6.09. The zero-order valence-electron chi connectivity index (χ0n) is 21.8. The number of pyridine rings is 1. The summed E-state index contributed by atoms with van der Waals surface area (Å²) in [6.45, 7) is 13.6. The minimum atomic E-state index is 0. The van der Waals surface area contributed by atoms with Crippen LogP contribution in [0.15, 0.2) is 60.8 Å². The number of nitrogens with zero attached hydrogens (tertiary/aromatic N) is 2. The molecule has 0 bridgehead atoms. The Morgan fingerprint density at radius 1 is 0.629 bits per heavy atom. The molecule has 192 valence electrons. The summed E-state index contributed by atoms with van der Waals surface area (Å²) in [5.74, 6) is 0. The van der Waals surface area contributed by atoms with Gasteiger partial charge in [-0.3, -0.25) is 9.88 Å². The SMILES string of the molecule is CCc1cccc(CC)c1NCCN(CCNc1c(CC)cccc1CC)Cc1ccccn1.[Ni]. The number of aromatic nitrogens is 1. The number of hydrogen-bond donors (Lipinski definition) is 2. The first-order valence-corrected chi connectivity index (χ1v) is 13.0.